The van der Waals surface area contributed by atoms with E-state index in [1.165, 1.54) is 0 Å². The first kappa shape index (κ1) is 19.0. The first-order valence-electron chi connectivity index (χ1n) is 8.61. The van der Waals surface area contributed by atoms with Gasteiger partial charge >= 0.3 is 0 Å². The fourth-order valence-corrected chi connectivity index (χ4v) is 3.59. The van der Waals surface area contributed by atoms with E-state index in [0.29, 0.717) is 10.0 Å². The van der Waals surface area contributed by atoms with Gasteiger partial charge in [0.15, 0.2) is 0 Å². The maximum absolute atomic E-state index is 6.32. The van der Waals surface area contributed by atoms with Crippen LogP contribution in [-0.4, -0.2) is 55.4 Å². The summed E-state index contributed by atoms with van der Waals surface area (Å²) in [5.41, 5.74) is 1.70. The average molecular weight is 393 g/mol. The molecule has 5 nitrogen and oxygen atoms in total. The van der Waals surface area contributed by atoms with Gasteiger partial charge in [-0.3, -0.25) is 4.90 Å². The predicted octanol–water partition coefficient (Wildman–Crippen LogP) is 3.95. The number of hydrogen-bond donors (Lipinski definition) is 0. The van der Waals surface area contributed by atoms with Crippen molar-refractivity contribution in [3.8, 4) is 0 Å². The summed E-state index contributed by atoms with van der Waals surface area (Å²) >= 11 is 12.3. The number of hydrogen-bond acceptors (Lipinski definition) is 5. The van der Waals surface area contributed by atoms with E-state index in [9.17, 15) is 0 Å². The van der Waals surface area contributed by atoms with E-state index in [-0.39, 0.29) is 0 Å². The Hall–Kier alpha value is -1.82. The van der Waals surface area contributed by atoms with Crippen LogP contribution in [0.25, 0.3) is 0 Å². The second-order valence-corrected chi connectivity index (χ2v) is 6.95. The fourth-order valence-electron chi connectivity index (χ4n) is 3.07. The van der Waals surface area contributed by atoms with Gasteiger partial charge < -0.3 is 9.74 Å². The van der Waals surface area contributed by atoms with E-state index in [2.05, 4.69) is 26.0 Å². The number of pyridine rings is 1. The molecule has 1 aliphatic heterocycles. The van der Waals surface area contributed by atoms with Crippen LogP contribution in [0.3, 0.4) is 0 Å². The first-order valence-corrected chi connectivity index (χ1v) is 9.37. The maximum Gasteiger partial charge on any atom is 0.128 e. The molecule has 26 heavy (non-hydrogen) atoms. The van der Waals surface area contributed by atoms with Crippen molar-refractivity contribution in [3.05, 3.63) is 58.2 Å². The van der Waals surface area contributed by atoms with Gasteiger partial charge in [0, 0.05) is 55.9 Å². The predicted molar refractivity (Wildman–Crippen MR) is 108 cm³/mol. The standard InChI is InChI=1S/C19H22Cl2N4O/c1-26-23-18(16-6-5-15(20)14-17(16)21)7-9-24-10-12-25(13-11-24)19-4-2-3-8-22-19/h2-6,8,14H,7,9-13H2,1H3/b23-18+. The van der Waals surface area contributed by atoms with Gasteiger partial charge in [-0.25, -0.2) is 4.98 Å². The van der Waals surface area contributed by atoms with E-state index < -0.39 is 0 Å². The zero-order chi connectivity index (χ0) is 18.4. The molecule has 0 spiro atoms. The minimum atomic E-state index is 0.591. The van der Waals surface area contributed by atoms with Gasteiger partial charge in [0.05, 0.1) is 10.7 Å². The summed E-state index contributed by atoms with van der Waals surface area (Å²) < 4.78 is 0. The number of aromatic nitrogens is 1. The SMILES string of the molecule is CO/N=C(\CCN1CCN(c2ccccn2)CC1)c1ccc(Cl)cc1Cl. The van der Waals surface area contributed by atoms with E-state index in [1.54, 1.807) is 13.2 Å². The van der Waals surface area contributed by atoms with Gasteiger partial charge in [-0.05, 0) is 24.3 Å². The van der Waals surface area contributed by atoms with E-state index in [4.69, 9.17) is 28.0 Å². The Bertz CT molecular complexity index is 746. The summed E-state index contributed by atoms with van der Waals surface area (Å²) in [6.07, 6.45) is 2.60. The molecular formula is C19H22Cl2N4O. The van der Waals surface area contributed by atoms with E-state index >= 15 is 0 Å². The maximum atomic E-state index is 6.32. The molecule has 0 radical (unpaired) electrons. The van der Waals surface area contributed by atoms with Crippen molar-refractivity contribution in [1.29, 1.82) is 0 Å². The summed E-state index contributed by atoms with van der Waals surface area (Å²) in [6, 6.07) is 11.5. The highest BCUT2D eigenvalue weighted by molar-refractivity contribution is 6.37. The van der Waals surface area contributed by atoms with Crippen molar-refractivity contribution in [2.75, 3.05) is 44.7 Å². The summed E-state index contributed by atoms with van der Waals surface area (Å²) in [5, 5.41) is 5.38. The zero-order valence-corrected chi connectivity index (χ0v) is 16.2. The molecular weight excluding hydrogens is 371 g/mol. The first-order chi connectivity index (χ1) is 12.7. The van der Waals surface area contributed by atoms with Crippen LogP contribution < -0.4 is 4.90 Å². The zero-order valence-electron chi connectivity index (χ0n) is 14.7. The Morgan fingerprint density at radius 1 is 1.15 bits per heavy atom. The number of piperazine rings is 1. The number of rotatable bonds is 6. The van der Waals surface area contributed by atoms with Crippen LogP contribution in [0.5, 0.6) is 0 Å². The molecule has 1 saturated heterocycles. The third kappa shape index (κ3) is 4.87. The molecule has 138 valence electrons. The van der Waals surface area contributed by atoms with Crippen molar-refractivity contribution >= 4 is 34.7 Å². The molecule has 2 heterocycles. The normalized spacial score (nSPS) is 16.0. The number of benzene rings is 1. The van der Waals surface area contributed by atoms with Gasteiger partial charge in [-0.2, -0.15) is 0 Å². The van der Waals surface area contributed by atoms with Crippen molar-refractivity contribution in [3.63, 3.8) is 0 Å². The van der Waals surface area contributed by atoms with Crippen LogP contribution in [0.15, 0.2) is 47.8 Å². The molecule has 7 heteroatoms. The summed E-state index contributed by atoms with van der Waals surface area (Å²) in [5.74, 6) is 1.04. The summed E-state index contributed by atoms with van der Waals surface area (Å²) in [7, 11) is 1.55. The molecule has 0 amide bonds. The number of anilines is 1. The Morgan fingerprint density at radius 3 is 2.62 bits per heavy atom. The molecule has 0 aliphatic carbocycles. The highest BCUT2D eigenvalue weighted by atomic mass is 35.5. The van der Waals surface area contributed by atoms with Gasteiger partial charge in [-0.1, -0.05) is 40.5 Å². The number of halogens is 2. The summed E-state index contributed by atoms with van der Waals surface area (Å²) in [6.45, 7) is 4.82. The van der Waals surface area contributed by atoms with Crippen molar-refractivity contribution in [2.24, 2.45) is 5.16 Å². The minimum Gasteiger partial charge on any atom is -0.399 e. The van der Waals surface area contributed by atoms with Crippen molar-refractivity contribution < 1.29 is 4.84 Å². The summed E-state index contributed by atoms with van der Waals surface area (Å²) in [4.78, 5) is 14.2. The molecule has 1 fully saturated rings. The molecule has 3 rings (SSSR count). The van der Waals surface area contributed by atoms with Crippen LogP contribution >= 0.6 is 23.2 Å². The third-order valence-corrected chi connectivity index (χ3v) is 5.00. The lowest BCUT2D eigenvalue weighted by Gasteiger charge is -2.35. The Morgan fingerprint density at radius 2 is 1.96 bits per heavy atom. The highest BCUT2D eigenvalue weighted by Crippen LogP contribution is 2.23. The van der Waals surface area contributed by atoms with Crippen LogP contribution in [0.2, 0.25) is 10.0 Å². The molecule has 1 aliphatic rings. The lowest BCUT2D eigenvalue weighted by molar-refractivity contribution is 0.211. The van der Waals surface area contributed by atoms with Crippen molar-refractivity contribution in [1.82, 2.24) is 9.88 Å². The Labute approximate surface area is 164 Å². The van der Waals surface area contributed by atoms with E-state index in [0.717, 1.165) is 56.2 Å². The Balaban J connectivity index is 1.57. The van der Waals surface area contributed by atoms with Gasteiger partial charge in [-0.15, -0.1) is 0 Å². The molecule has 1 aromatic heterocycles. The molecule has 0 N–H and O–H groups in total. The molecule has 2 aromatic rings. The van der Waals surface area contributed by atoms with Gasteiger partial charge in [0.1, 0.15) is 12.9 Å². The quantitative estimate of drug-likeness (QED) is 0.551. The average Bonchev–Trinajstić information content (AvgIpc) is 2.67. The second-order valence-electron chi connectivity index (χ2n) is 6.11. The third-order valence-electron chi connectivity index (χ3n) is 4.45. The molecule has 0 unspecified atom stereocenters. The number of oxime groups is 1. The molecule has 0 atom stereocenters. The smallest absolute Gasteiger partial charge is 0.128 e. The number of nitrogens with zero attached hydrogens (tertiary/aromatic N) is 4. The van der Waals surface area contributed by atoms with Crippen LogP contribution in [0, 0.1) is 0 Å². The monoisotopic (exact) mass is 392 g/mol. The lowest BCUT2D eigenvalue weighted by Crippen LogP contribution is -2.47. The van der Waals surface area contributed by atoms with Crippen molar-refractivity contribution in [2.45, 2.75) is 6.42 Å². The topological polar surface area (TPSA) is 41.0 Å². The largest absolute Gasteiger partial charge is 0.399 e. The van der Waals surface area contributed by atoms with E-state index in [1.807, 2.05) is 30.5 Å². The van der Waals surface area contributed by atoms with Crippen LogP contribution in [0.4, 0.5) is 5.82 Å². The second kappa shape index (κ2) is 9.21. The Kier molecular flexibility index (Phi) is 6.72. The van der Waals surface area contributed by atoms with Crippen LogP contribution in [0.1, 0.15) is 12.0 Å². The fraction of sp³-hybridized carbons (Fsp3) is 0.368. The molecule has 0 bridgehead atoms. The lowest BCUT2D eigenvalue weighted by atomic mass is 10.1. The van der Waals surface area contributed by atoms with Gasteiger partial charge in [0.2, 0.25) is 0 Å². The molecule has 1 aromatic carbocycles. The van der Waals surface area contributed by atoms with Gasteiger partial charge in [0.25, 0.3) is 0 Å². The molecule has 0 saturated carbocycles. The highest BCUT2D eigenvalue weighted by Gasteiger charge is 2.19. The minimum absolute atomic E-state index is 0.591. The van der Waals surface area contributed by atoms with Crippen LogP contribution in [-0.2, 0) is 4.84 Å².